The average molecular weight is 314 g/mol. The molecular formula is C14H22N2O4S. The summed E-state index contributed by atoms with van der Waals surface area (Å²) in [5, 5.41) is 3.03. The lowest BCUT2D eigenvalue weighted by molar-refractivity contribution is -0.00461. The highest BCUT2D eigenvalue weighted by atomic mass is 32.2. The molecule has 1 saturated heterocycles. The van der Waals surface area contributed by atoms with E-state index in [0.717, 1.165) is 5.56 Å². The maximum absolute atomic E-state index is 12.6. The van der Waals surface area contributed by atoms with E-state index in [9.17, 15) is 8.42 Å². The summed E-state index contributed by atoms with van der Waals surface area (Å²) in [6.07, 6.45) is -0.457. The second-order valence-corrected chi connectivity index (χ2v) is 6.98. The highest BCUT2D eigenvalue weighted by molar-refractivity contribution is 7.89. The number of nitrogens with zero attached hydrogens (tertiary/aromatic N) is 1. The Labute approximate surface area is 126 Å². The van der Waals surface area contributed by atoms with Crippen molar-refractivity contribution in [3.63, 3.8) is 0 Å². The summed E-state index contributed by atoms with van der Waals surface area (Å²) in [5.74, 6) is 0. The molecule has 1 heterocycles. The SMILES string of the molecule is CNCc1ccc(S(=O)(=O)N2CC(OC)C(OC)C2)cc1. The van der Waals surface area contributed by atoms with Crippen molar-refractivity contribution < 1.29 is 17.9 Å². The molecule has 2 unspecified atom stereocenters. The van der Waals surface area contributed by atoms with E-state index in [0.29, 0.717) is 24.5 Å². The monoisotopic (exact) mass is 314 g/mol. The predicted molar refractivity (Wildman–Crippen MR) is 79.6 cm³/mol. The maximum atomic E-state index is 12.6. The van der Waals surface area contributed by atoms with Crippen LogP contribution in [-0.2, 0) is 26.0 Å². The lowest BCUT2D eigenvalue weighted by atomic mass is 10.2. The first-order valence-corrected chi connectivity index (χ1v) is 8.26. The van der Waals surface area contributed by atoms with Crippen LogP contribution < -0.4 is 5.32 Å². The van der Waals surface area contributed by atoms with E-state index < -0.39 is 10.0 Å². The van der Waals surface area contributed by atoms with Gasteiger partial charge in [0.25, 0.3) is 0 Å². The molecule has 0 spiro atoms. The van der Waals surface area contributed by atoms with Crippen molar-refractivity contribution >= 4 is 10.0 Å². The van der Waals surface area contributed by atoms with Crippen LogP contribution in [-0.4, -0.2) is 59.3 Å². The van der Waals surface area contributed by atoms with Gasteiger partial charge in [-0.15, -0.1) is 0 Å². The maximum Gasteiger partial charge on any atom is 0.243 e. The van der Waals surface area contributed by atoms with E-state index in [4.69, 9.17) is 9.47 Å². The second-order valence-electron chi connectivity index (χ2n) is 5.04. The average Bonchev–Trinajstić information content (AvgIpc) is 2.92. The number of sulfonamides is 1. The summed E-state index contributed by atoms with van der Waals surface area (Å²) >= 11 is 0. The molecule has 2 rings (SSSR count). The van der Waals surface area contributed by atoms with Crippen molar-refractivity contribution in [2.24, 2.45) is 0 Å². The Balaban J connectivity index is 2.18. The minimum absolute atomic E-state index is 0.228. The molecule has 1 N–H and O–H groups in total. The topological polar surface area (TPSA) is 67.9 Å². The Morgan fingerprint density at radius 1 is 1.14 bits per heavy atom. The van der Waals surface area contributed by atoms with Gasteiger partial charge < -0.3 is 14.8 Å². The molecule has 21 heavy (non-hydrogen) atoms. The van der Waals surface area contributed by atoms with Crippen LogP contribution in [0, 0.1) is 0 Å². The Morgan fingerprint density at radius 2 is 1.67 bits per heavy atom. The predicted octanol–water partition coefficient (Wildman–Crippen LogP) is 0.440. The normalized spacial score (nSPS) is 23.6. The summed E-state index contributed by atoms with van der Waals surface area (Å²) in [6.45, 7) is 1.34. The van der Waals surface area contributed by atoms with Crippen LogP contribution in [0.15, 0.2) is 29.2 Å². The summed E-state index contributed by atoms with van der Waals surface area (Å²) in [5.41, 5.74) is 1.04. The largest absolute Gasteiger partial charge is 0.377 e. The Hall–Kier alpha value is -0.990. The Kier molecular flexibility index (Phi) is 5.34. The van der Waals surface area contributed by atoms with Gasteiger partial charge in [0.2, 0.25) is 10.0 Å². The zero-order valence-electron chi connectivity index (χ0n) is 12.6. The molecule has 0 saturated carbocycles. The van der Waals surface area contributed by atoms with Gasteiger partial charge in [0.1, 0.15) is 0 Å². The molecule has 0 aromatic heterocycles. The number of nitrogens with one attached hydrogen (secondary N) is 1. The molecule has 1 aromatic carbocycles. The number of methoxy groups -OCH3 is 2. The van der Waals surface area contributed by atoms with Gasteiger partial charge in [0.15, 0.2) is 0 Å². The van der Waals surface area contributed by atoms with Crippen LogP contribution in [0.4, 0.5) is 0 Å². The zero-order valence-corrected chi connectivity index (χ0v) is 13.4. The molecule has 0 amide bonds. The van der Waals surface area contributed by atoms with Gasteiger partial charge in [-0.05, 0) is 24.7 Å². The van der Waals surface area contributed by atoms with Gasteiger partial charge >= 0.3 is 0 Å². The standard InChI is InChI=1S/C14H22N2O4S/c1-15-8-11-4-6-12(7-5-11)21(17,18)16-9-13(19-2)14(10-16)20-3/h4-7,13-15H,8-10H2,1-3H3. The van der Waals surface area contributed by atoms with Gasteiger partial charge in [0, 0.05) is 33.9 Å². The van der Waals surface area contributed by atoms with E-state index in [1.807, 2.05) is 19.2 Å². The smallest absolute Gasteiger partial charge is 0.243 e. The first-order valence-electron chi connectivity index (χ1n) is 6.82. The van der Waals surface area contributed by atoms with E-state index >= 15 is 0 Å². The fourth-order valence-corrected chi connectivity index (χ4v) is 3.96. The van der Waals surface area contributed by atoms with Crippen LogP contribution in [0.5, 0.6) is 0 Å². The molecule has 1 aromatic rings. The van der Waals surface area contributed by atoms with Crippen LogP contribution >= 0.6 is 0 Å². The molecule has 0 bridgehead atoms. The van der Waals surface area contributed by atoms with E-state index in [-0.39, 0.29) is 12.2 Å². The van der Waals surface area contributed by atoms with Crippen molar-refractivity contribution in [3.05, 3.63) is 29.8 Å². The molecule has 7 heteroatoms. The fourth-order valence-electron chi connectivity index (χ4n) is 2.49. The number of hydrogen-bond donors (Lipinski definition) is 1. The third-order valence-electron chi connectivity index (χ3n) is 3.73. The molecular weight excluding hydrogens is 292 g/mol. The van der Waals surface area contributed by atoms with Crippen molar-refractivity contribution in [2.45, 2.75) is 23.6 Å². The van der Waals surface area contributed by atoms with Gasteiger partial charge in [0.05, 0.1) is 17.1 Å². The third-order valence-corrected chi connectivity index (χ3v) is 5.58. The molecule has 0 aliphatic carbocycles. The molecule has 6 nitrogen and oxygen atoms in total. The van der Waals surface area contributed by atoms with Crippen molar-refractivity contribution in [2.75, 3.05) is 34.4 Å². The summed E-state index contributed by atoms with van der Waals surface area (Å²) in [7, 11) is 1.49. The third kappa shape index (κ3) is 3.44. The number of hydrogen-bond acceptors (Lipinski definition) is 5. The molecule has 2 atom stereocenters. The minimum Gasteiger partial charge on any atom is -0.377 e. The van der Waals surface area contributed by atoms with Crippen LogP contribution in [0.1, 0.15) is 5.56 Å². The number of rotatable bonds is 6. The molecule has 118 valence electrons. The van der Waals surface area contributed by atoms with Gasteiger partial charge in [-0.2, -0.15) is 4.31 Å². The van der Waals surface area contributed by atoms with E-state index in [2.05, 4.69) is 5.32 Å². The summed E-state index contributed by atoms with van der Waals surface area (Å²) < 4.78 is 37.2. The van der Waals surface area contributed by atoms with E-state index in [1.165, 1.54) is 4.31 Å². The molecule has 1 aliphatic rings. The highest BCUT2D eigenvalue weighted by Gasteiger charge is 2.39. The lowest BCUT2D eigenvalue weighted by Crippen LogP contribution is -2.30. The number of benzene rings is 1. The highest BCUT2D eigenvalue weighted by Crippen LogP contribution is 2.24. The van der Waals surface area contributed by atoms with Crippen LogP contribution in [0.3, 0.4) is 0 Å². The van der Waals surface area contributed by atoms with Gasteiger partial charge in [-0.3, -0.25) is 0 Å². The van der Waals surface area contributed by atoms with Crippen molar-refractivity contribution in [3.8, 4) is 0 Å². The van der Waals surface area contributed by atoms with Gasteiger partial charge in [-0.1, -0.05) is 12.1 Å². The van der Waals surface area contributed by atoms with Crippen molar-refractivity contribution in [1.29, 1.82) is 0 Å². The Morgan fingerprint density at radius 3 is 2.10 bits per heavy atom. The van der Waals surface area contributed by atoms with E-state index in [1.54, 1.807) is 26.4 Å². The lowest BCUT2D eigenvalue weighted by Gasteiger charge is -2.16. The second kappa shape index (κ2) is 6.85. The molecule has 0 radical (unpaired) electrons. The van der Waals surface area contributed by atoms with Crippen LogP contribution in [0.25, 0.3) is 0 Å². The summed E-state index contributed by atoms with van der Waals surface area (Å²) in [6, 6.07) is 6.93. The van der Waals surface area contributed by atoms with Crippen LogP contribution in [0.2, 0.25) is 0 Å². The Bertz CT molecular complexity index is 547. The molecule has 1 fully saturated rings. The number of ether oxygens (including phenoxy) is 2. The molecule has 1 aliphatic heterocycles. The minimum atomic E-state index is -3.50. The van der Waals surface area contributed by atoms with Gasteiger partial charge in [-0.25, -0.2) is 8.42 Å². The quantitative estimate of drug-likeness (QED) is 0.825. The zero-order chi connectivity index (χ0) is 15.5. The first-order chi connectivity index (χ1) is 10.0. The van der Waals surface area contributed by atoms with Crippen molar-refractivity contribution in [1.82, 2.24) is 9.62 Å². The fraction of sp³-hybridized carbons (Fsp3) is 0.571. The first kappa shape index (κ1) is 16.4. The summed E-state index contributed by atoms with van der Waals surface area (Å²) in [4.78, 5) is 0.300.